The fourth-order valence-corrected chi connectivity index (χ4v) is 2.90. The number of ether oxygens (including phenoxy) is 1. The molecular weight excluding hydrogens is 356 g/mol. The van der Waals surface area contributed by atoms with Gasteiger partial charge >= 0.3 is 0 Å². The average Bonchev–Trinajstić information content (AvgIpc) is 2.41. The van der Waals surface area contributed by atoms with Crippen LogP contribution in [0.3, 0.4) is 0 Å². The van der Waals surface area contributed by atoms with Crippen molar-refractivity contribution in [1.29, 1.82) is 0 Å². The van der Waals surface area contributed by atoms with Crippen molar-refractivity contribution in [3.63, 3.8) is 0 Å². The minimum absolute atomic E-state index is 0.0411. The first-order valence-electron chi connectivity index (χ1n) is 6.28. The van der Waals surface area contributed by atoms with Crippen LogP contribution in [0.15, 0.2) is 52.1 Å². The maximum atomic E-state index is 12.2. The van der Waals surface area contributed by atoms with E-state index >= 15 is 0 Å². The van der Waals surface area contributed by atoms with Crippen molar-refractivity contribution >= 4 is 31.6 Å². The number of halogens is 1. The van der Waals surface area contributed by atoms with E-state index in [0.717, 1.165) is 0 Å². The molecule has 21 heavy (non-hydrogen) atoms. The second kappa shape index (κ2) is 6.44. The smallest absolute Gasteiger partial charge is 0.261 e. The van der Waals surface area contributed by atoms with E-state index in [1.165, 1.54) is 18.3 Å². The van der Waals surface area contributed by atoms with Crippen LogP contribution in [-0.4, -0.2) is 19.5 Å². The first kappa shape index (κ1) is 15.8. The number of sulfonamides is 1. The van der Waals surface area contributed by atoms with Crippen molar-refractivity contribution in [2.24, 2.45) is 0 Å². The van der Waals surface area contributed by atoms with Crippen molar-refractivity contribution < 1.29 is 13.2 Å². The second-order valence-corrected chi connectivity index (χ2v) is 7.11. The summed E-state index contributed by atoms with van der Waals surface area (Å²) in [5.41, 5.74) is 0.403. The van der Waals surface area contributed by atoms with Crippen LogP contribution in [0.25, 0.3) is 0 Å². The van der Waals surface area contributed by atoms with Gasteiger partial charge in [-0.15, -0.1) is 0 Å². The number of benzene rings is 1. The number of nitrogens with zero attached hydrogens (tertiary/aromatic N) is 1. The van der Waals surface area contributed by atoms with Gasteiger partial charge < -0.3 is 4.74 Å². The van der Waals surface area contributed by atoms with Crippen LogP contribution < -0.4 is 9.46 Å². The minimum Gasteiger partial charge on any atom is -0.491 e. The third kappa shape index (κ3) is 4.44. The molecule has 0 aliphatic carbocycles. The molecule has 0 bridgehead atoms. The van der Waals surface area contributed by atoms with Gasteiger partial charge in [-0.2, -0.15) is 0 Å². The van der Waals surface area contributed by atoms with Gasteiger partial charge in [0.2, 0.25) is 0 Å². The van der Waals surface area contributed by atoms with Gasteiger partial charge in [0, 0.05) is 0 Å². The van der Waals surface area contributed by atoms with Crippen molar-refractivity contribution in [1.82, 2.24) is 4.98 Å². The van der Waals surface area contributed by atoms with E-state index in [4.69, 9.17) is 4.74 Å². The van der Waals surface area contributed by atoms with Crippen molar-refractivity contribution in [3.05, 3.63) is 47.2 Å². The Labute approximate surface area is 132 Å². The summed E-state index contributed by atoms with van der Waals surface area (Å²) in [6.07, 6.45) is 1.48. The van der Waals surface area contributed by atoms with Crippen molar-refractivity contribution in [2.75, 3.05) is 4.72 Å². The lowest BCUT2D eigenvalue weighted by Crippen LogP contribution is -2.13. The summed E-state index contributed by atoms with van der Waals surface area (Å²) in [7, 11) is -3.63. The van der Waals surface area contributed by atoms with Gasteiger partial charge in [0.05, 0.1) is 22.9 Å². The van der Waals surface area contributed by atoms with E-state index in [1.54, 1.807) is 24.3 Å². The largest absolute Gasteiger partial charge is 0.491 e. The Morgan fingerprint density at radius 3 is 2.33 bits per heavy atom. The highest BCUT2D eigenvalue weighted by Gasteiger charge is 2.14. The van der Waals surface area contributed by atoms with Crippen LogP contribution >= 0.6 is 15.9 Å². The molecular formula is C14H15BrN2O3S. The molecule has 0 atom stereocenters. The lowest BCUT2D eigenvalue weighted by atomic mass is 10.3. The Bertz CT molecular complexity index is 698. The molecule has 2 rings (SSSR count). The van der Waals surface area contributed by atoms with Crippen LogP contribution in [0, 0.1) is 0 Å². The first-order valence-corrected chi connectivity index (χ1v) is 8.55. The van der Waals surface area contributed by atoms with E-state index in [9.17, 15) is 8.42 Å². The molecule has 2 aromatic rings. The van der Waals surface area contributed by atoms with Crippen molar-refractivity contribution in [3.8, 4) is 5.75 Å². The van der Waals surface area contributed by atoms with Gasteiger partial charge in [0.1, 0.15) is 10.4 Å². The molecule has 0 spiro atoms. The highest BCUT2D eigenvalue weighted by Crippen LogP contribution is 2.20. The topological polar surface area (TPSA) is 68.3 Å². The predicted octanol–water partition coefficient (Wildman–Crippen LogP) is 3.43. The summed E-state index contributed by atoms with van der Waals surface area (Å²) in [6.45, 7) is 3.82. The zero-order chi connectivity index (χ0) is 15.5. The third-order valence-corrected chi connectivity index (χ3v) is 4.35. The maximum absolute atomic E-state index is 12.2. The number of hydrogen-bond acceptors (Lipinski definition) is 4. The number of anilines is 1. The van der Waals surface area contributed by atoms with Crippen LogP contribution in [-0.2, 0) is 10.0 Å². The lowest BCUT2D eigenvalue weighted by molar-refractivity contribution is 0.242. The predicted molar refractivity (Wildman–Crippen MR) is 85.0 cm³/mol. The Balaban J connectivity index is 2.17. The highest BCUT2D eigenvalue weighted by molar-refractivity contribution is 9.10. The molecule has 5 nitrogen and oxygen atoms in total. The molecule has 112 valence electrons. The Hall–Kier alpha value is -1.60. The average molecular weight is 371 g/mol. The van der Waals surface area contributed by atoms with Gasteiger partial charge in [0.25, 0.3) is 10.0 Å². The highest BCUT2D eigenvalue weighted by atomic mass is 79.9. The fraction of sp³-hybridized carbons (Fsp3) is 0.214. The van der Waals surface area contributed by atoms with Crippen molar-refractivity contribution in [2.45, 2.75) is 24.8 Å². The molecule has 0 aliphatic rings. The Morgan fingerprint density at radius 2 is 1.81 bits per heavy atom. The molecule has 0 saturated heterocycles. The van der Waals surface area contributed by atoms with E-state index in [-0.39, 0.29) is 11.0 Å². The van der Waals surface area contributed by atoms with Crippen LogP contribution in [0.2, 0.25) is 0 Å². The molecule has 1 heterocycles. The summed E-state index contributed by atoms with van der Waals surface area (Å²) in [5.74, 6) is 0.634. The lowest BCUT2D eigenvalue weighted by Gasteiger charge is -2.11. The molecule has 7 heteroatoms. The van der Waals surface area contributed by atoms with Crippen LogP contribution in [0.5, 0.6) is 5.75 Å². The summed E-state index contributed by atoms with van der Waals surface area (Å²) in [6, 6.07) is 9.57. The summed E-state index contributed by atoms with van der Waals surface area (Å²) < 4.78 is 33.0. The van der Waals surface area contributed by atoms with Gasteiger partial charge in [0.15, 0.2) is 0 Å². The third-order valence-electron chi connectivity index (χ3n) is 2.49. The van der Waals surface area contributed by atoms with Gasteiger partial charge in [-0.25, -0.2) is 13.4 Å². The van der Waals surface area contributed by atoms with Crippen LogP contribution in [0.4, 0.5) is 5.69 Å². The maximum Gasteiger partial charge on any atom is 0.261 e. The SMILES string of the molecule is CC(C)Oc1ccc(S(=O)(=O)Nc2ccc(Br)nc2)cc1. The summed E-state index contributed by atoms with van der Waals surface area (Å²) in [4.78, 5) is 4.14. The Morgan fingerprint density at radius 1 is 1.14 bits per heavy atom. The molecule has 0 amide bonds. The first-order chi connectivity index (χ1) is 9.87. The van der Waals surface area contributed by atoms with Gasteiger partial charge in [-0.1, -0.05) is 0 Å². The molecule has 0 fully saturated rings. The number of rotatable bonds is 5. The molecule has 0 aliphatic heterocycles. The standard InChI is InChI=1S/C14H15BrN2O3S/c1-10(2)20-12-4-6-13(7-5-12)21(18,19)17-11-3-8-14(15)16-9-11/h3-10,17H,1-2H3. The zero-order valence-corrected chi connectivity index (χ0v) is 14.0. The monoisotopic (exact) mass is 370 g/mol. The summed E-state index contributed by atoms with van der Waals surface area (Å²) >= 11 is 3.20. The number of aromatic nitrogens is 1. The molecule has 1 N–H and O–H groups in total. The van der Waals surface area contributed by atoms with E-state index in [1.807, 2.05) is 13.8 Å². The van der Waals surface area contributed by atoms with Crippen LogP contribution in [0.1, 0.15) is 13.8 Å². The second-order valence-electron chi connectivity index (χ2n) is 4.61. The quantitative estimate of drug-likeness (QED) is 0.818. The van der Waals surface area contributed by atoms with E-state index in [0.29, 0.717) is 16.0 Å². The number of pyridine rings is 1. The van der Waals surface area contributed by atoms with Gasteiger partial charge in [-0.05, 0) is 66.2 Å². The number of hydrogen-bond donors (Lipinski definition) is 1. The van der Waals surface area contributed by atoms with E-state index in [2.05, 4.69) is 25.6 Å². The molecule has 0 radical (unpaired) electrons. The zero-order valence-electron chi connectivity index (χ0n) is 11.6. The molecule has 0 unspecified atom stereocenters. The molecule has 1 aromatic heterocycles. The normalized spacial score (nSPS) is 11.4. The Kier molecular flexibility index (Phi) is 4.84. The summed E-state index contributed by atoms with van der Waals surface area (Å²) in [5, 5.41) is 0. The number of nitrogens with one attached hydrogen (secondary N) is 1. The molecule has 0 saturated carbocycles. The minimum atomic E-state index is -3.63. The fourth-order valence-electron chi connectivity index (χ4n) is 1.62. The molecule has 1 aromatic carbocycles. The van der Waals surface area contributed by atoms with Gasteiger partial charge in [-0.3, -0.25) is 4.72 Å². The van der Waals surface area contributed by atoms with E-state index < -0.39 is 10.0 Å².